The summed E-state index contributed by atoms with van der Waals surface area (Å²) in [6, 6.07) is 14.8. The fourth-order valence-corrected chi connectivity index (χ4v) is 6.00. The van der Waals surface area contributed by atoms with Gasteiger partial charge in [-0.3, -0.25) is 14.4 Å². The molecule has 1 heterocycles. The molecule has 1 aliphatic rings. The number of hydrogen-bond acceptors (Lipinski definition) is 7. The van der Waals surface area contributed by atoms with Crippen LogP contribution in [0.3, 0.4) is 0 Å². The lowest BCUT2D eigenvalue weighted by Crippen LogP contribution is -2.49. The number of fused-ring (bicyclic) bond motifs is 1. The first kappa shape index (κ1) is 33.1. The molecule has 13 heteroatoms. The minimum Gasteiger partial charge on any atom is -0.497 e. The summed E-state index contributed by atoms with van der Waals surface area (Å²) in [6.07, 6.45) is -4.86. The molecule has 2 N–H and O–H groups in total. The smallest absolute Gasteiger partial charge is 0.416 e. The van der Waals surface area contributed by atoms with Gasteiger partial charge in [0.2, 0.25) is 0 Å². The van der Waals surface area contributed by atoms with Crippen molar-refractivity contribution in [3.8, 4) is 11.5 Å². The van der Waals surface area contributed by atoms with Crippen LogP contribution in [0.1, 0.15) is 35.3 Å². The monoisotopic (exact) mass is 635 g/mol. The molecular weight excluding hydrogens is 599 g/mol. The molecule has 4 rings (SSSR count). The minimum absolute atomic E-state index is 0.00752. The van der Waals surface area contributed by atoms with Gasteiger partial charge < -0.3 is 19.5 Å². The fraction of sp³-hybridized carbons (Fsp3) is 0.387. The zero-order valence-electron chi connectivity index (χ0n) is 24.8. The predicted molar refractivity (Wildman–Crippen MR) is 159 cm³/mol. The molecule has 0 saturated carbocycles. The van der Waals surface area contributed by atoms with Crippen LogP contribution in [0.4, 0.5) is 18.9 Å². The Morgan fingerprint density at radius 1 is 1.11 bits per heavy atom. The van der Waals surface area contributed by atoms with E-state index >= 15 is 0 Å². The molecule has 0 spiro atoms. The first-order valence-electron chi connectivity index (χ1n) is 14.0. The van der Waals surface area contributed by atoms with Gasteiger partial charge in [0.1, 0.15) is 17.6 Å². The number of methoxy groups -OCH3 is 1. The normalized spacial score (nSPS) is 18.2. The number of alkyl halides is 3. The molecule has 3 aromatic carbocycles. The first-order valence-corrected chi connectivity index (χ1v) is 15.4. The van der Waals surface area contributed by atoms with Gasteiger partial charge in [0, 0.05) is 31.2 Å². The molecule has 0 unspecified atom stereocenters. The van der Waals surface area contributed by atoms with Crippen LogP contribution in [0.2, 0.25) is 0 Å². The van der Waals surface area contributed by atoms with E-state index in [1.54, 1.807) is 6.92 Å². The minimum atomic E-state index is -4.41. The van der Waals surface area contributed by atoms with E-state index in [1.165, 1.54) is 66.6 Å². The van der Waals surface area contributed by atoms with E-state index in [0.29, 0.717) is 24.4 Å². The Morgan fingerprint density at radius 3 is 2.36 bits per heavy atom. The number of ether oxygens (including phenoxy) is 2. The number of carbonyl (C=O) groups excluding carboxylic acids is 1. The van der Waals surface area contributed by atoms with Crippen molar-refractivity contribution in [3.05, 3.63) is 83.4 Å². The van der Waals surface area contributed by atoms with E-state index in [0.717, 1.165) is 12.1 Å². The number of likely N-dealkylation sites (N-methyl/N-ethyl adjacent to an activating group) is 1. The lowest BCUT2D eigenvalue weighted by molar-refractivity contribution is -0.137. The molecule has 1 amide bonds. The summed E-state index contributed by atoms with van der Waals surface area (Å²) >= 11 is 0. The highest BCUT2D eigenvalue weighted by Crippen LogP contribution is 2.32. The Balaban J connectivity index is 1.59. The number of nitrogens with zero attached hydrogens (tertiary/aromatic N) is 2. The molecule has 0 aromatic heterocycles. The summed E-state index contributed by atoms with van der Waals surface area (Å²) in [7, 11) is -0.692. The van der Waals surface area contributed by atoms with Crippen LogP contribution in [0.5, 0.6) is 11.5 Å². The summed E-state index contributed by atoms with van der Waals surface area (Å²) in [5.74, 6) is 0.136. The maximum atomic E-state index is 13.7. The summed E-state index contributed by atoms with van der Waals surface area (Å²) in [5.41, 5.74) is 0.255. The number of nitrogens with one attached hydrogen (secondary N) is 1. The van der Waals surface area contributed by atoms with Gasteiger partial charge in [0.25, 0.3) is 15.9 Å². The van der Waals surface area contributed by atoms with Gasteiger partial charge in [-0.25, -0.2) is 8.42 Å². The summed E-state index contributed by atoms with van der Waals surface area (Å²) in [4.78, 5) is 17.2. The number of aliphatic hydroxyl groups excluding tert-OH is 1. The number of benzene rings is 3. The van der Waals surface area contributed by atoms with Gasteiger partial charge in [0.05, 0.1) is 35.8 Å². The molecule has 0 fully saturated rings. The topological polar surface area (TPSA) is 108 Å². The van der Waals surface area contributed by atoms with E-state index in [9.17, 15) is 31.5 Å². The van der Waals surface area contributed by atoms with Crippen molar-refractivity contribution >= 4 is 21.6 Å². The standard InChI is InChI=1S/C31H36F3N3O6S/c1-20-16-37(21(2)19-38)30(39)27-15-24(35-44(40,41)26-12-10-25(42-4)11-13-26)9-14-28(27)43-29(20)18-36(3)17-22-5-7-23(8-6-22)31(32,33)34/h5-15,20-21,29,35,38H,16-19H2,1-4H3/t20-,21-,29+/m0/s1. The van der Waals surface area contributed by atoms with Crippen molar-refractivity contribution < 1.29 is 41.0 Å². The van der Waals surface area contributed by atoms with Crippen LogP contribution in [-0.4, -0.2) is 75.2 Å². The average Bonchev–Trinajstić information content (AvgIpc) is 2.98. The molecule has 44 heavy (non-hydrogen) atoms. The van der Waals surface area contributed by atoms with Crippen LogP contribution < -0.4 is 14.2 Å². The highest BCUT2D eigenvalue weighted by Gasteiger charge is 2.34. The van der Waals surface area contributed by atoms with Crippen molar-refractivity contribution in [2.24, 2.45) is 5.92 Å². The number of carbonyl (C=O) groups is 1. The van der Waals surface area contributed by atoms with Crippen LogP contribution in [0, 0.1) is 5.92 Å². The van der Waals surface area contributed by atoms with Crippen LogP contribution in [0.25, 0.3) is 0 Å². The second-order valence-electron chi connectivity index (χ2n) is 11.0. The lowest BCUT2D eigenvalue weighted by atomic mass is 9.99. The first-order chi connectivity index (χ1) is 20.7. The number of hydrogen-bond donors (Lipinski definition) is 2. The lowest BCUT2D eigenvalue weighted by Gasteiger charge is -2.38. The van der Waals surface area contributed by atoms with E-state index in [2.05, 4.69) is 4.72 Å². The zero-order chi connectivity index (χ0) is 32.2. The average molecular weight is 636 g/mol. The van der Waals surface area contributed by atoms with Gasteiger partial charge >= 0.3 is 6.18 Å². The Bertz CT molecular complexity index is 1550. The van der Waals surface area contributed by atoms with Crippen molar-refractivity contribution in [2.75, 3.05) is 38.6 Å². The second-order valence-corrected chi connectivity index (χ2v) is 12.7. The molecule has 1 aliphatic heterocycles. The number of halogens is 3. The summed E-state index contributed by atoms with van der Waals surface area (Å²) < 4.78 is 79.0. The van der Waals surface area contributed by atoms with Crippen molar-refractivity contribution in [1.82, 2.24) is 9.80 Å². The molecule has 0 saturated heterocycles. The summed E-state index contributed by atoms with van der Waals surface area (Å²) in [6.45, 7) is 4.35. The van der Waals surface area contributed by atoms with E-state index < -0.39 is 39.8 Å². The highest BCUT2D eigenvalue weighted by molar-refractivity contribution is 7.92. The molecule has 0 bridgehead atoms. The van der Waals surface area contributed by atoms with Crippen molar-refractivity contribution in [2.45, 2.75) is 43.6 Å². The van der Waals surface area contributed by atoms with Gasteiger partial charge in [-0.2, -0.15) is 13.2 Å². The Kier molecular flexibility index (Phi) is 10.1. The van der Waals surface area contributed by atoms with Crippen molar-refractivity contribution in [1.29, 1.82) is 0 Å². The number of rotatable bonds is 10. The van der Waals surface area contributed by atoms with Gasteiger partial charge in [-0.05, 0) is 74.1 Å². The van der Waals surface area contributed by atoms with Crippen molar-refractivity contribution in [3.63, 3.8) is 0 Å². The molecule has 9 nitrogen and oxygen atoms in total. The largest absolute Gasteiger partial charge is 0.497 e. The van der Waals surface area contributed by atoms with Crippen LogP contribution >= 0.6 is 0 Å². The molecule has 238 valence electrons. The van der Waals surface area contributed by atoms with E-state index in [4.69, 9.17) is 9.47 Å². The summed E-state index contributed by atoms with van der Waals surface area (Å²) in [5, 5.41) is 9.91. The Labute approximate surface area is 255 Å². The number of sulfonamides is 1. The third-order valence-electron chi connectivity index (χ3n) is 7.51. The number of anilines is 1. The number of aliphatic hydroxyl groups is 1. The number of amides is 1. The molecular formula is C31H36F3N3O6S. The Hall–Kier alpha value is -3.81. The van der Waals surface area contributed by atoms with Gasteiger partial charge in [-0.15, -0.1) is 0 Å². The highest BCUT2D eigenvalue weighted by atomic mass is 32.2. The molecule has 3 aromatic rings. The predicted octanol–water partition coefficient (Wildman–Crippen LogP) is 4.87. The maximum absolute atomic E-state index is 13.7. The maximum Gasteiger partial charge on any atom is 0.416 e. The SMILES string of the molecule is COc1ccc(S(=O)(=O)Nc2ccc3c(c2)C(=O)N([C@@H](C)CO)C[C@H](C)[C@@H](CN(C)Cc2ccc(C(F)(F)F)cc2)O3)cc1. The quantitative estimate of drug-likeness (QED) is 0.328. The Morgan fingerprint density at radius 2 is 1.77 bits per heavy atom. The van der Waals surface area contributed by atoms with Gasteiger partial charge in [-0.1, -0.05) is 19.1 Å². The van der Waals surface area contributed by atoms with E-state index in [-0.39, 0.29) is 41.0 Å². The van der Waals surface area contributed by atoms with E-state index in [1.807, 2.05) is 18.9 Å². The van der Waals surface area contributed by atoms with Crippen LogP contribution in [0.15, 0.2) is 71.6 Å². The third kappa shape index (κ3) is 7.82. The molecule has 0 radical (unpaired) electrons. The molecule has 3 atom stereocenters. The van der Waals surface area contributed by atoms with Gasteiger partial charge in [0.15, 0.2) is 0 Å². The van der Waals surface area contributed by atoms with Crippen LogP contribution in [-0.2, 0) is 22.7 Å². The fourth-order valence-electron chi connectivity index (χ4n) is 4.96. The molecule has 0 aliphatic carbocycles. The second kappa shape index (κ2) is 13.4. The zero-order valence-corrected chi connectivity index (χ0v) is 25.7. The third-order valence-corrected chi connectivity index (χ3v) is 8.91.